The van der Waals surface area contributed by atoms with Gasteiger partial charge in [-0.25, -0.2) is 4.98 Å². The number of para-hydroxylation sites is 2. The van der Waals surface area contributed by atoms with Crippen LogP contribution in [-0.4, -0.2) is 21.5 Å². The van der Waals surface area contributed by atoms with Crippen molar-refractivity contribution in [1.29, 1.82) is 0 Å². The predicted octanol–water partition coefficient (Wildman–Crippen LogP) is 5.36. The molecule has 1 heterocycles. The molecular weight excluding hydrogens is 330 g/mol. The minimum absolute atomic E-state index is 0.160. The highest BCUT2D eigenvalue weighted by molar-refractivity contribution is 5.75. The largest absolute Gasteiger partial charge is 0.330 e. The molecule has 136 valence electrons. The molecule has 27 heavy (non-hydrogen) atoms. The van der Waals surface area contributed by atoms with Crippen LogP contribution < -0.4 is 0 Å². The van der Waals surface area contributed by atoms with E-state index in [4.69, 9.17) is 4.98 Å². The molecule has 0 spiro atoms. The highest BCUT2D eigenvalue weighted by Crippen LogP contribution is 2.34. The quantitative estimate of drug-likeness (QED) is 0.481. The number of fused-ring (bicyclic) bond motifs is 1. The van der Waals surface area contributed by atoms with Gasteiger partial charge in [-0.3, -0.25) is 4.90 Å². The Labute approximate surface area is 160 Å². The Morgan fingerprint density at radius 2 is 1.30 bits per heavy atom. The molecule has 3 nitrogen and oxygen atoms in total. The molecule has 1 aromatic heterocycles. The van der Waals surface area contributed by atoms with Crippen LogP contribution in [0.3, 0.4) is 0 Å². The van der Waals surface area contributed by atoms with E-state index in [1.54, 1.807) is 0 Å². The molecule has 0 fully saturated rings. The zero-order valence-corrected chi connectivity index (χ0v) is 16.1. The second kappa shape index (κ2) is 7.37. The first kappa shape index (κ1) is 17.5. The molecule has 4 rings (SSSR count). The van der Waals surface area contributed by atoms with Crippen molar-refractivity contribution in [1.82, 2.24) is 14.5 Å². The third kappa shape index (κ3) is 3.26. The standard InChI is InChI=1S/C24H25N3/c1-18(24-25-21-16-10-11-17-22(21)27(24)3)26(2)23(19-12-6-4-7-13-19)20-14-8-5-9-15-20/h4-18,23H,1-3H3. The average molecular weight is 355 g/mol. The third-order valence-corrected chi connectivity index (χ3v) is 5.44. The number of rotatable bonds is 5. The van der Waals surface area contributed by atoms with Gasteiger partial charge in [-0.1, -0.05) is 72.8 Å². The van der Waals surface area contributed by atoms with Crippen molar-refractivity contribution >= 4 is 11.0 Å². The monoisotopic (exact) mass is 355 g/mol. The van der Waals surface area contributed by atoms with Crippen LogP contribution in [-0.2, 0) is 7.05 Å². The Morgan fingerprint density at radius 1 is 0.778 bits per heavy atom. The first-order valence-corrected chi connectivity index (χ1v) is 9.40. The van der Waals surface area contributed by atoms with E-state index in [1.807, 2.05) is 6.07 Å². The second-order valence-electron chi connectivity index (χ2n) is 7.08. The van der Waals surface area contributed by atoms with Crippen LogP contribution in [0.5, 0.6) is 0 Å². The Hall–Kier alpha value is -2.91. The first-order valence-electron chi connectivity index (χ1n) is 9.40. The van der Waals surface area contributed by atoms with Crippen LogP contribution in [0.25, 0.3) is 11.0 Å². The summed E-state index contributed by atoms with van der Waals surface area (Å²) in [6, 6.07) is 30.0. The van der Waals surface area contributed by atoms with Crippen LogP contribution in [0.15, 0.2) is 84.9 Å². The fourth-order valence-electron chi connectivity index (χ4n) is 3.88. The zero-order chi connectivity index (χ0) is 18.8. The Balaban J connectivity index is 1.76. The lowest BCUT2D eigenvalue weighted by Gasteiger charge is -2.33. The van der Waals surface area contributed by atoms with E-state index >= 15 is 0 Å². The van der Waals surface area contributed by atoms with Crippen molar-refractivity contribution in [3.63, 3.8) is 0 Å². The van der Waals surface area contributed by atoms with Gasteiger partial charge in [-0.05, 0) is 37.2 Å². The number of imidazole rings is 1. The minimum Gasteiger partial charge on any atom is -0.330 e. The lowest BCUT2D eigenvalue weighted by Crippen LogP contribution is -2.30. The lowest BCUT2D eigenvalue weighted by molar-refractivity contribution is 0.203. The van der Waals surface area contributed by atoms with Crippen molar-refractivity contribution < 1.29 is 0 Å². The van der Waals surface area contributed by atoms with Gasteiger partial charge in [0.05, 0.1) is 23.1 Å². The molecule has 0 saturated heterocycles. The summed E-state index contributed by atoms with van der Waals surface area (Å²) in [5, 5.41) is 0. The molecule has 0 aliphatic heterocycles. The van der Waals surface area contributed by atoms with Crippen LogP contribution in [0, 0.1) is 0 Å². The highest BCUT2D eigenvalue weighted by atomic mass is 15.2. The number of aromatic nitrogens is 2. The molecule has 4 aromatic rings. The molecule has 0 bridgehead atoms. The Kier molecular flexibility index (Phi) is 4.78. The second-order valence-corrected chi connectivity index (χ2v) is 7.08. The zero-order valence-electron chi connectivity index (χ0n) is 16.1. The molecular formula is C24H25N3. The molecule has 1 unspecified atom stereocenters. The normalized spacial score (nSPS) is 12.8. The van der Waals surface area contributed by atoms with Gasteiger partial charge < -0.3 is 4.57 Å². The smallest absolute Gasteiger partial charge is 0.126 e. The van der Waals surface area contributed by atoms with E-state index in [-0.39, 0.29) is 12.1 Å². The van der Waals surface area contributed by atoms with Crippen molar-refractivity contribution in [3.05, 3.63) is 102 Å². The summed E-state index contributed by atoms with van der Waals surface area (Å²) in [5.41, 5.74) is 4.79. The number of hydrogen-bond acceptors (Lipinski definition) is 2. The molecule has 0 aliphatic carbocycles. The van der Waals surface area contributed by atoms with Gasteiger partial charge in [0.25, 0.3) is 0 Å². The summed E-state index contributed by atoms with van der Waals surface area (Å²) < 4.78 is 2.21. The summed E-state index contributed by atoms with van der Waals surface area (Å²) in [6.07, 6.45) is 0. The van der Waals surface area contributed by atoms with E-state index in [1.165, 1.54) is 16.6 Å². The molecule has 3 aromatic carbocycles. The van der Waals surface area contributed by atoms with Gasteiger partial charge in [0, 0.05) is 7.05 Å². The molecule has 0 aliphatic rings. The van der Waals surface area contributed by atoms with Crippen molar-refractivity contribution in [3.8, 4) is 0 Å². The van der Waals surface area contributed by atoms with E-state index in [0.29, 0.717) is 0 Å². The maximum absolute atomic E-state index is 4.92. The maximum Gasteiger partial charge on any atom is 0.126 e. The fourth-order valence-corrected chi connectivity index (χ4v) is 3.88. The molecule has 0 amide bonds. The van der Waals surface area contributed by atoms with Crippen LogP contribution in [0.2, 0.25) is 0 Å². The Bertz CT molecular complexity index is 982. The van der Waals surface area contributed by atoms with Crippen molar-refractivity contribution in [2.45, 2.75) is 19.0 Å². The third-order valence-electron chi connectivity index (χ3n) is 5.44. The summed E-state index contributed by atoms with van der Waals surface area (Å²) >= 11 is 0. The molecule has 3 heteroatoms. The van der Waals surface area contributed by atoms with E-state index in [0.717, 1.165) is 11.3 Å². The average Bonchev–Trinajstić information content (AvgIpc) is 3.06. The summed E-state index contributed by atoms with van der Waals surface area (Å²) in [4.78, 5) is 7.33. The SMILES string of the molecule is CC(c1nc2ccccc2n1C)N(C)C(c1ccccc1)c1ccccc1. The molecule has 0 N–H and O–H groups in total. The van der Waals surface area contributed by atoms with Gasteiger partial charge in [-0.15, -0.1) is 0 Å². The summed E-state index contributed by atoms with van der Waals surface area (Å²) in [5.74, 6) is 1.08. The van der Waals surface area contributed by atoms with Gasteiger partial charge in [-0.2, -0.15) is 0 Å². The van der Waals surface area contributed by atoms with Gasteiger partial charge in [0.15, 0.2) is 0 Å². The number of benzene rings is 3. The van der Waals surface area contributed by atoms with Crippen LogP contribution in [0.1, 0.15) is 36.0 Å². The number of aryl methyl sites for hydroxylation is 1. The minimum atomic E-state index is 0.160. The van der Waals surface area contributed by atoms with E-state index in [9.17, 15) is 0 Å². The van der Waals surface area contributed by atoms with Crippen LogP contribution in [0.4, 0.5) is 0 Å². The molecule has 1 atom stereocenters. The van der Waals surface area contributed by atoms with Crippen molar-refractivity contribution in [2.75, 3.05) is 7.05 Å². The van der Waals surface area contributed by atoms with Crippen LogP contribution >= 0.6 is 0 Å². The van der Waals surface area contributed by atoms with E-state index in [2.05, 4.69) is 109 Å². The summed E-state index contributed by atoms with van der Waals surface area (Å²) in [6.45, 7) is 2.24. The Morgan fingerprint density at radius 3 is 1.85 bits per heavy atom. The van der Waals surface area contributed by atoms with Gasteiger partial charge in [0.2, 0.25) is 0 Å². The van der Waals surface area contributed by atoms with Crippen molar-refractivity contribution in [2.24, 2.45) is 7.05 Å². The number of nitrogens with zero attached hydrogens (tertiary/aromatic N) is 3. The fraction of sp³-hybridized carbons (Fsp3) is 0.208. The van der Waals surface area contributed by atoms with Gasteiger partial charge in [0.1, 0.15) is 5.82 Å². The molecule has 0 radical (unpaired) electrons. The predicted molar refractivity (Wildman–Crippen MR) is 112 cm³/mol. The highest BCUT2D eigenvalue weighted by Gasteiger charge is 2.26. The lowest BCUT2D eigenvalue weighted by atomic mass is 9.96. The topological polar surface area (TPSA) is 21.1 Å². The first-order chi connectivity index (χ1) is 13.2. The van der Waals surface area contributed by atoms with Gasteiger partial charge >= 0.3 is 0 Å². The maximum atomic E-state index is 4.92. The van der Waals surface area contributed by atoms with E-state index < -0.39 is 0 Å². The number of hydrogen-bond donors (Lipinski definition) is 0. The molecule has 0 saturated carbocycles. The summed E-state index contributed by atoms with van der Waals surface area (Å²) in [7, 11) is 4.30.